The lowest BCUT2D eigenvalue weighted by Gasteiger charge is -2.16. The van der Waals surface area contributed by atoms with Crippen LogP contribution in [0.2, 0.25) is 0 Å². The van der Waals surface area contributed by atoms with E-state index in [-0.39, 0.29) is 18.2 Å². The fourth-order valence-corrected chi connectivity index (χ4v) is 2.11. The average molecular weight is 370 g/mol. The second kappa shape index (κ2) is 14.4. The molecule has 0 aliphatic carbocycles. The quantitative estimate of drug-likeness (QED) is 0.398. The standard InChI is InChI=1S/C18H30N2O6/c1-3-23-10-11-25-14-15-26-13-12-24-9-7-19-17(21)6-8-20-16(2)4-5-18(20)22/h4-5H,2-3,6-15H2,1H3,(H,19,21). The summed E-state index contributed by atoms with van der Waals surface area (Å²) in [5.74, 6) is -0.257. The van der Waals surface area contributed by atoms with Gasteiger partial charge in [0.25, 0.3) is 5.91 Å². The van der Waals surface area contributed by atoms with Crippen molar-refractivity contribution in [1.29, 1.82) is 0 Å². The number of hydrogen-bond acceptors (Lipinski definition) is 6. The van der Waals surface area contributed by atoms with Crippen LogP contribution in [0, 0.1) is 0 Å². The smallest absolute Gasteiger partial charge is 0.251 e. The Morgan fingerprint density at radius 1 is 1.00 bits per heavy atom. The number of rotatable bonds is 16. The number of nitrogens with zero attached hydrogens (tertiary/aromatic N) is 1. The number of carbonyl (C=O) groups is 2. The van der Waals surface area contributed by atoms with Crippen LogP contribution in [0.1, 0.15) is 13.3 Å². The zero-order valence-electron chi connectivity index (χ0n) is 15.5. The summed E-state index contributed by atoms with van der Waals surface area (Å²) in [4.78, 5) is 24.7. The lowest BCUT2D eigenvalue weighted by molar-refractivity contribution is -0.124. The van der Waals surface area contributed by atoms with Gasteiger partial charge in [0, 0.05) is 37.9 Å². The summed E-state index contributed by atoms with van der Waals surface area (Å²) in [7, 11) is 0. The van der Waals surface area contributed by atoms with E-state index in [1.165, 1.54) is 11.0 Å². The molecule has 2 amide bonds. The molecule has 8 heteroatoms. The van der Waals surface area contributed by atoms with Crippen molar-refractivity contribution in [1.82, 2.24) is 10.2 Å². The number of allylic oxidation sites excluding steroid dienone is 1. The molecule has 0 radical (unpaired) electrons. The van der Waals surface area contributed by atoms with Gasteiger partial charge in [0.2, 0.25) is 5.91 Å². The molecule has 0 saturated heterocycles. The van der Waals surface area contributed by atoms with Crippen LogP contribution < -0.4 is 5.32 Å². The van der Waals surface area contributed by atoms with E-state index in [4.69, 9.17) is 18.9 Å². The molecule has 0 aromatic heterocycles. The van der Waals surface area contributed by atoms with E-state index in [0.29, 0.717) is 71.6 Å². The number of nitrogens with one attached hydrogen (secondary N) is 1. The van der Waals surface area contributed by atoms with Gasteiger partial charge in [0.15, 0.2) is 0 Å². The largest absolute Gasteiger partial charge is 0.379 e. The number of ether oxygens (including phenoxy) is 4. The third-order valence-corrected chi connectivity index (χ3v) is 3.48. The molecule has 1 N–H and O–H groups in total. The molecule has 26 heavy (non-hydrogen) atoms. The molecule has 1 rings (SSSR count). The topological polar surface area (TPSA) is 86.3 Å². The number of carbonyl (C=O) groups excluding carboxylic acids is 2. The maximum Gasteiger partial charge on any atom is 0.251 e. The Bertz CT molecular complexity index is 449. The van der Waals surface area contributed by atoms with Crippen molar-refractivity contribution in [3.63, 3.8) is 0 Å². The monoisotopic (exact) mass is 370 g/mol. The maximum atomic E-state index is 11.7. The highest BCUT2D eigenvalue weighted by Crippen LogP contribution is 2.12. The van der Waals surface area contributed by atoms with Gasteiger partial charge in [-0.25, -0.2) is 0 Å². The van der Waals surface area contributed by atoms with Gasteiger partial charge in [0.1, 0.15) is 0 Å². The SMILES string of the molecule is C=C1C=CC(=O)N1CCC(=O)NCCOCCOCCOCCOCC. The molecule has 148 valence electrons. The second-order valence-corrected chi connectivity index (χ2v) is 5.45. The summed E-state index contributed by atoms with van der Waals surface area (Å²) in [5.41, 5.74) is 0.617. The molecule has 0 spiro atoms. The van der Waals surface area contributed by atoms with Gasteiger partial charge in [-0.15, -0.1) is 0 Å². The Kier molecular flexibility index (Phi) is 12.4. The first-order valence-corrected chi connectivity index (χ1v) is 8.91. The van der Waals surface area contributed by atoms with Crippen LogP contribution >= 0.6 is 0 Å². The van der Waals surface area contributed by atoms with E-state index in [0.717, 1.165) is 0 Å². The molecule has 0 unspecified atom stereocenters. The molecular formula is C18H30N2O6. The molecule has 0 fully saturated rings. The van der Waals surface area contributed by atoms with Crippen LogP contribution in [0.4, 0.5) is 0 Å². The van der Waals surface area contributed by atoms with E-state index in [1.54, 1.807) is 6.08 Å². The van der Waals surface area contributed by atoms with E-state index >= 15 is 0 Å². The Hall–Kier alpha value is -1.74. The fourth-order valence-electron chi connectivity index (χ4n) is 2.11. The van der Waals surface area contributed by atoms with Crippen LogP contribution in [0.25, 0.3) is 0 Å². The molecule has 0 aromatic carbocycles. The van der Waals surface area contributed by atoms with Crippen LogP contribution in [-0.2, 0) is 28.5 Å². The normalized spacial score (nSPS) is 13.7. The Balaban J connectivity index is 1.83. The van der Waals surface area contributed by atoms with Crippen molar-refractivity contribution in [2.75, 3.05) is 65.9 Å². The summed E-state index contributed by atoms with van der Waals surface area (Å²) in [5, 5.41) is 2.75. The minimum absolute atomic E-state index is 0.124. The van der Waals surface area contributed by atoms with E-state index in [9.17, 15) is 9.59 Å². The first-order valence-electron chi connectivity index (χ1n) is 8.91. The van der Waals surface area contributed by atoms with Crippen LogP contribution in [0.15, 0.2) is 24.4 Å². The highest BCUT2D eigenvalue weighted by molar-refractivity contribution is 5.93. The van der Waals surface area contributed by atoms with Gasteiger partial charge in [-0.2, -0.15) is 0 Å². The molecule has 1 aliphatic rings. The number of amides is 2. The molecule has 0 atom stereocenters. The van der Waals surface area contributed by atoms with Gasteiger partial charge in [-0.1, -0.05) is 6.58 Å². The van der Waals surface area contributed by atoms with E-state index < -0.39 is 0 Å². The average Bonchev–Trinajstić information content (AvgIpc) is 2.95. The highest BCUT2D eigenvalue weighted by atomic mass is 16.6. The van der Waals surface area contributed by atoms with Crippen molar-refractivity contribution < 1.29 is 28.5 Å². The zero-order chi connectivity index (χ0) is 19.0. The number of hydrogen-bond donors (Lipinski definition) is 1. The van der Waals surface area contributed by atoms with Gasteiger partial charge < -0.3 is 29.2 Å². The minimum atomic E-state index is -0.133. The molecule has 8 nitrogen and oxygen atoms in total. The van der Waals surface area contributed by atoms with Crippen LogP contribution in [0.3, 0.4) is 0 Å². The van der Waals surface area contributed by atoms with Gasteiger partial charge >= 0.3 is 0 Å². The Morgan fingerprint density at radius 3 is 2.12 bits per heavy atom. The molecule has 1 aliphatic heterocycles. The maximum absolute atomic E-state index is 11.7. The molecule has 0 bridgehead atoms. The zero-order valence-corrected chi connectivity index (χ0v) is 15.5. The minimum Gasteiger partial charge on any atom is -0.379 e. The Labute approximate surface area is 155 Å². The van der Waals surface area contributed by atoms with Crippen molar-refractivity contribution in [2.24, 2.45) is 0 Å². The van der Waals surface area contributed by atoms with Crippen molar-refractivity contribution in [2.45, 2.75) is 13.3 Å². The van der Waals surface area contributed by atoms with Gasteiger partial charge in [0.05, 0.1) is 46.2 Å². The van der Waals surface area contributed by atoms with Crippen LogP contribution in [-0.4, -0.2) is 82.7 Å². The third kappa shape index (κ3) is 10.3. The summed E-state index contributed by atoms with van der Waals surface area (Å²) in [6.45, 7) is 10.7. The highest BCUT2D eigenvalue weighted by Gasteiger charge is 2.18. The molecule has 0 saturated carbocycles. The Morgan fingerprint density at radius 2 is 1.58 bits per heavy atom. The third-order valence-electron chi connectivity index (χ3n) is 3.48. The van der Waals surface area contributed by atoms with E-state index in [2.05, 4.69) is 11.9 Å². The van der Waals surface area contributed by atoms with Crippen LogP contribution in [0.5, 0.6) is 0 Å². The van der Waals surface area contributed by atoms with Crippen molar-refractivity contribution in [3.8, 4) is 0 Å². The summed E-state index contributed by atoms with van der Waals surface area (Å²) in [6, 6.07) is 0. The summed E-state index contributed by atoms with van der Waals surface area (Å²) >= 11 is 0. The van der Waals surface area contributed by atoms with E-state index in [1.807, 2.05) is 6.92 Å². The van der Waals surface area contributed by atoms with Gasteiger partial charge in [-0.05, 0) is 13.0 Å². The summed E-state index contributed by atoms with van der Waals surface area (Å²) < 4.78 is 21.2. The van der Waals surface area contributed by atoms with Crippen molar-refractivity contribution in [3.05, 3.63) is 24.4 Å². The lowest BCUT2D eigenvalue weighted by atomic mass is 10.3. The lowest BCUT2D eigenvalue weighted by Crippen LogP contribution is -2.32. The molecule has 0 aromatic rings. The predicted octanol–water partition coefficient (Wildman–Crippen LogP) is 0.491. The summed E-state index contributed by atoms with van der Waals surface area (Å²) in [6.07, 6.45) is 3.32. The fraction of sp³-hybridized carbons (Fsp3) is 0.667. The first-order chi connectivity index (χ1) is 12.6. The van der Waals surface area contributed by atoms with Crippen molar-refractivity contribution >= 4 is 11.8 Å². The first kappa shape index (κ1) is 22.3. The molecular weight excluding hydrogens is 340 g/mol. The van der Waals surface area contributed by atoms with Gasteiger partial charge in [-0.3, -0.25) is 9.59 Å². The predicted molar refractivity (Wildman–Crippen MR) is 96.6 cm³/mol. The molecule has 1 heterocycles. The second-order valence-electron chi connectivity index (χ2n) is 5.45.